The second-order valence-electron chi connectivity index (χ2n) is 15.7. The van der Waals surface area contributed by atoms with Crippen molar-refractivity contribution in [1.82, 2.24) is 9.13 Å². The SMILES string of the molecule is CCCCCCCCCCCCc1cc2ccc3c4ccc5c(ccc6cc(CCCCCCCCCCCC)n(C)c65)c4ccc3c2n1C. The third-order valence-corrected chi connectivity index (χ3v) is 12.0. The highest BCUT2D eigenvalue weighted by atomic mass is 14.9. The van der Waals surface area contributed by atoms with Gasteiger partial charge in [-0.05, 0) is 59.4 Å². The predicted octanol–water partition coefficient (Wildman–Crippen LogP) is 15.1. The van der Waals surface area contributed by atoms with Crippen LogP contribution in [0.15, 0.2) is 60.7 Å². The Labute approximate surface area is 303 Å². The Bertz CT molecular complexity index is 1820. The molecule has 0 aliphatic rings. The molecule has 0 saturated carbocycles. The van der Waals surface area contributed by atoms with Gasteiger partial charge in [0.25, 0.3) is 0 Å². The van der Waals surface area contributed by atoms with Crippen molar-refractivity contribution in [3.63, 3.8) is 0 Å². The first-order chi connectivity index (χ1) is 24.6. The number of aromatic nitrogens is 2. The molecule has 2 aromatic heterocycles. The maximum absolute atomic E-state index is 2.49. The fraction of sp³-hybridized carbons (Fsp3) is 0.542. The zero-order valence-corrected chi connectivity index (χ0v) is 32.2. The number of nitrogens with zero attached hydrogens (tertiary/aromatic N) is 2. The summed E-state index contributed by atoms with van der Waals surface area (Å²) in [5, 5.41) is 11.0. The highest BCUT2D eigenvalue weighted by Crippen LogP contribution is 2.38. The van der Waals surface area contributed by atoms with Gasteiger partial charge in [0.05, 0.1) is 11.0 Å². The van der Waals surface area contributed by atoms with Crippen LogP contribution in [0.2, 0.25) is 0 Å². The third kappa shape index (κ3) is 8.43. The molecule has 0 unspecified atom stereocenters. The van der Waals surface area contributed by atoms with E-state index in [1.165, 1.54) is 207 Å². The van der Waals surface area contributed by atoms with Crippen molar-refractivity contribution >= 4 is 54.1 Å². The standard InChI is InChI=1S/C48H66N2/c1-5-7-9-11-13-15-17-19-21-23-25-39-35-37-27-29-43-41-32-34-46-44(42(41)31-33-45(43)47(37)49(39)3)30-28-38-36-40(50(4)48(38)46)26-24-22-20-18-16-14-12-10-8-6-2/h27-36H,5-26H2,1-4H3. The maximum atomic E-state index is 2.49. The number of hydrogen-bond donors (Lipinski definition) is 0. The molecule has 0 spiro atoms. The quantitative estimate of drug-likeness (QED) is 0.0502. The van der Waals surface area contributed by atoms with Crippen LogP contribution < -0.4 is 0 Å². The normalized spacial score (nSPS) is 12.2. The van der Waals surface area contributed by atoms with Crippen molar-refractivity contribution in [2.45, 2.75) is 155 Å². The van der Waals surface area contributed by atoms with Crippen molar-refractivity contribution in [2.75, 3.05) is 0 Å². The Morgan fingerprint density at radius 1 is 0.340 bits per heavy atom. The molecule has 6 rings (SSSR count). The smallest absolute Gasteiger partial charge is 0.0559 e. The Morgan fingerprint density at radius 2 is 0.620 bits per heavy atom. The van der Waals surface area contributed by atoms with E-state index in [0.29, 0.717) is 0 Å². The monoisotopic (exact) mass is 671 g/mol. The summed E-state index contributed by atoms with van der Waals surface area (Å²) in [6.07, 6.45) is 30.1. The molecular weight excluding hydrogens is 605 g/mol. The summed E-state index contributed by atoms with van der Waals surface area (Å²) in [4.78, 5) is 0. The summed E-state index contributed by atoms with van der Waals surface area (Å²) in [5.41, 5.74) is 5.73. The number of benzene rings is 4. The number of fused-ring (bicyclic) bond motifs is 9. The van der Waals surface area contributed by atoms with Crippen molar-refractivity contribution in [2.24, 2.45) is 14.1 Å². The van der Waals surface area contributed by atoms with E-state index in [2.05, 4.69) is 97.7 Å². The molecule has 50 heavy (non-hydrogen) atoms. The van der Waals surface area contributed by atoms with Crippen molar-refractivity contribution in [1.29, 1.82) is 0 Å². The molecule has 2 heteroatoms. The highest BCUT2D eigenvalue weighted by molar-refractivity contribution is 6.24. The van der Waals surface area contributed by atoms with Gasteiger partial charge in [-0.15, -0.1) is 0 Å². The van der Waals surface area contributed by atoms with Crippen LogP contribution in [0.25, 0.3) is 54.1 Å². The molecule has 2 nitrogen and oxygen atoms in total. The van der Waals surface area contributed by atoms with Gasteiger partial charge < -0.3 is 9.13 Å². The van der Waals surface area contributed by atoms with E-state index in [4.69, 9.17) is 0 Å². The minimum Gasteiger partial charge on any atom is -0.347 e. The molecule has 0 aliphatic heterocycles. The van der Waals surface area contributed by atoms with Crippen LogP contribution in [0.3, 0.4) is 0 Å². The van der Waals surface area contributed by atoms with E-state index in [0.717, 1.165) is 0 Å². The van der Waals surface area contributed by atoms with Gasteiger partial charge >= 0.3 is 0 Å². The van der Waals surface area contributed by atoms with Gasteiger partial charge in [0.2, 0.25) is 0 Å². The molecule has 0 bridgehead atoms. The molecule has 0 fully saturated rings. The van der Waals surface area contributed by atoms with E-state index in [1.54, 1.807) is 0 Å². The fourth-order valence-electron chi connectivity index (χ4n) is 8.93. The zero-order chi connectivity index (χ0) is 34.7. The average Bonchev–Trinajstić information content (AvgIpc) is 3.64. The fourth-order valence-corrected chi connectivity index (χ4v) is 8.93. The first-order valence-corrected chi connectivity index (χ1v) is 21.0. The molecule has 0 saturated heterocycles. The summed E-state index contributed by atoms with van der Waals surface area (Å²) in [6.45, 7) is 4.60. The zero-order valence-electron chi connectivity index (χ0n) is 32.2. The van der Waals surface area contributed by atoms with Gasteiger partial charge in [0, 0.05) is 47.0 Å². The maximum Gasteiger partial charge on any atom is 0.0559 e. The molecule has 0 atom stereocenters. The van der Waals surface area contributed by atoms with E-state index in [1.807, 2.05) is 0 Å². The lowest BCUT2D eigenvalue weighted by atomic mass is 9.95. The molecule has 2 heterocycles. The van der Waals surface area contributed by atoms with Crippen molar-refractivity contribution in [3.05, 3.63) is 72.1 Å². The molecule has 0 N–H and O–H groups in total. The first-order valence-electron chi connectivity index (χ1n) is 21.0. The number of aryl methyl sites for hydroxylation is 4. The molecule has 0 radical (unpaired) electrons. The summed E-state index contributed by atoms with van der Waals surface area (Å²) in [6, 6.07) is 24.0. The van der Waals surface area contributed by atoms with E-state index in [9.17, 15) is 0 Å². The minimum atomic E-state index is 1.18. The predicted molar refractivity (Wildman–Crippen MR) is 223 cm³/mol. The molecule has 0 aliphatic carbocycles. The van der Waals surface area contributed by atoms with Gasteiger partial charge in [-0.25, -0.2) is 0 Å². The number of hydrogen-bond acceptors (Lipinski definition) is 0. The summed E-state index contributed by atoms with van der Waals surface area (Å²) < 4.78 is 4.98. The molecule has 268 valence electrons. The van der Waals surface area contributed by atoms with E-state index < -0.39 is 0 Å². The van der Waals surface area contributed by atoms with Crippen LogP contribution in [0, 0.1) is 0 Å². The Kier molecular flexibility index (Phi) is 13.4. The Morgan fingerprint density at radius 3 is 0.980 bits per heavy atom. The van der Waals surface area contributed by atoms with E-state index >= 15 is 0 Å². The van der Waals surface area contributed by atoms with Crippen LogP contribution in [0.5, 0.6) is 0 Å². The Balaban J connectivity index is 1.12. The number of unbranched alkanes of at least 4 members (excludes halogenated alkanes) is 18. The van der Waals surface area contributed by atoms with Crippen LogP contribution >= 0.6 is 0 Å². The van der Waals surface area contributed by atoms with Crippen molar-refractivity contribution < 1.29 is 0 Å². The molecule has 4 aromatic carbocycles. The topological polar surface area (TPSA) is 9.86 Å². The lowest BCUT2D eigenvalue weighted by molar-refractivity contribution is 0.554. The second kappa shape index (κ2) is 18.3. The minimum absolute atomic E-state index is 1.18. The summed E-state index contributed by atoms with van der Waals surface area (Å²) >= 11 is 0. The average molecular weight is 671 g/mol. The molecular formula is C48H66N2. The van der Waals surface area contributed by atoms with Gasteiger partial charge in [-0.2, -0.15) is 0 Å². The third-order valence-electron chi connectivity index (χ3n) is 12.0. The lowest BCUT2D eigenvalue weighted by Crippen LogP contribution is -1.97. The highest BCUT2D eigenvalue weighted by Gasteiger charge is 2.15. The summed E-state index contributed by atoms with van der Waals surface area (Å²) in [5.74, 6) is 0. The Hall–Kier alpha value is -3.26. The van der Waals surface area contributed by atoms with Gasteiger partial charge in [-0.1, -0.05) is 178 Å². The van der Waals surface area contributed by atoms with Gasteiger partial charge in [-0.3, -0.25) is 0 Å². The van der Waals surface area contributed by atoms with Crippen LogP contribution in [-0.2, 0) is 26.9 Å². The van der Waals surface area contributed by atoms with Crippen molar-refractivity contribution in [3.8, 4) is 0 Å². The first kappa shape index (κ1) is 36.5. The molecule has 6 aromatic rings. The van der Waals surface area contributed by atoms with Crippen LogP contribution in [0.1, 0.15) is 154 Å². The summed E-state index contributed by atoms with van der Waals surface area (Å²) in [7, 11) is 4.58. The number of rotatable bonds is 22. The van der Waals surface area contributed by atoms with Crippen LogP contribution in [-0.4, -0.2) is 9.13 Å². The van der Waals surface area contributed by atoms with Gasteiger partial charge in [0.1, 0.15) is 0 Å². The van der Waals surface area contributed by atoms with E-state index in [-0.39, 0.29) is 0 Å². The second-order valence-corrected chi connectivity index (χ2v) is 15.7. The largest absolute Gasteiger partial charge is 0.347 e. The lowest BCUT2D eigenvalue weighted by Gasteiger charge is -2.12. The van der Waals surface area contributed by atoms with Gasteiger partial charge in [0.15, 0.2) is 0 Å². The van der Waals surface area contributed by atoms with Crippen LogP contribution in [0.4, 0.5) is 0 Å². The molecule has 0 amide bonds.